The highest BCUT2D eigenvalue weighted by Crippen LogP contribution is 2.33. The molecule has 4 rings (SSSR count). The molecule has 1 fully saturated rings. The summed E-state index contributed by atoms with van der Waals surface area (Å²) in [4.78, 5) is 16.1. The van der Waals surface area contributed by atoms with Crippen molar-refractivity contribution in [3.8, 4) is 16.9 Å². The molecule has 10 heteroatoms. The van der Waals surface area contributed by atoms with E-state index in [9.17, 15) is 4.79 Å². The molecule has 0 bridgehead atoms. The van der Waals surface area contributed by atoms with E-state index < -0.39 is 0 Å². The molecule has 8 nitrogen and oxygen atoms in total. The Bertz CT molecular complexity index is 1280. The summed E-state index contributed by atoms with van der Waals surface area (Å²) in [5.41, 5.74) is 16.2. The first kappa shape index (κ1) is 27.0. The van der Waals surface area contributed by atoms with Crippen molar-refractivity contribution in [3.63, 3.8) is 0 Å². The molecule has 1 saturated heterocycles. The van der Waals surface area contributed by atoms with Gasteiger partial charge in [-0.1, -0.05) is 65.4 Å². The lowest BCUT2D eigenvalue weighted by Crippen LogP contribution is -2.45. The zero-order chi connectivity index (χ0) is 26.2. The average molecular weight is 540 g/mol. The Morgan fingerprint density at radius 2 is 1.84 bits per heavy atom. The van der Waals surface area contributed by atoms with E-state index in [1.54, 1.807) is 16.8 Å². The number of halogens is 2. The standard InChI is InChI=1S/C27H31Cl2N7O/c1-19-25(27(37)33-35-16-6-3-7-17-35)32-36(24-14-13-22(28)18-23(24)29)26(19)21-11-9-20(10-12-21)8-4-2-5-15-31-34-30/h9-14,18H,2-8,15-17H2,1H3,(H,33,37). The molecule has 1 aromatic heterocycles. The van der Waals surface area contributed by atoms with E-state index in [0.29, 0.717) is 28.0 Å². The molecule has 2 heterocycles. The minimum atomic E-state index is -0.221. The Balaban J connectivity index is 1.61. The molecule has 3 aromatic rings. The first-order chi connectivity index (χ1) is 18.0. The fourth-order valence-corrected chi connectivity index (χ4v) is 5.13. The van der Waals surface area contributed by atoms with Gasteiger partial charge in [0.15, 0.2) is 5.69 Å². The fraction of sp³-hybridized carbons (Fsp3) is 0.407. The maximum atomic E-state index is 13.3. The molecule has 194 valence electrons. The van der Waals surface area contributed by atoms with E-state index in [1.165, 1.54) is 12.0 Å². The largest absolute Gasteiger partial charge is 0.286 e. The van der Waals surface area contributed by atoms with Crippen molar-refractivity contribution < 1.29 is 4.79 Å². The zero-order valence-electron chi connectivity index (χ0n) is 21.0. The van der Waals surface area contributed by atoms with Crippen LogP contribution in [0.3, 0.4) is 0 Å². The van der Waals surface area contributed by atoms with Gasteiger partial charge in [0.05, 0.1) is 16.4 Å². The number of carbonyl (C=O) groups excluding carboxylic acids is 1. The van der Waals surface area contributed by atoms with Crippen LogP contribution in [-0.4, -0.2) is 40.3 Å². The second-order valence-corrected chi connectivity index (χ2v) is 10.1. The van der Waals surface area contributed by atoms with Crippen LogP contribution >= 0.6 is 23.2 Å². The highest BCUT2D eigenvalue weighted by Gasteiger charge is 2.25. The molecule has 0 radical (unpaired) electrons. The van der Waals surface area contributed by atoms with Crippen molar-refractivity contribution in [1.82, 2.24) is 20.2 Å². The van der Waals surface area contributed by atoms with Crippen LogP contribution in [0.1, 0.15) is 60.1 Å². The van der Waals surface area contributed by atoms with Gasteiger partial charge in [-0.15, -0.1) is 0 Å². The predicted molar refractivity (Wildman–Crippen MR) is 148 cm³/mol. The van der Waals surface area contributed by atoms with Crippen molar-refractivity contribution in [2.45, 2.75) is 51.9 Å². The van der Waals surface area contributed by atoms with E-state index in [-0.39, 0.29) is 5.91 Å². The first-order valence-corrected chi connectivity index (χ1v) is 13.4. The molecule has 0 spiro atoms. The van der Waals surface area contributed by atoms with Gasteiger partial charge in [0.2, 0.25) is 0 Å². The number of azide groups is 1. The summed E-state index contributed by atoms with van der Waals surface area (Å²) in [7, 11) is 0. The average Bonchev–Trinajstić information content (AvgIpc) is 3.24. The molecule has 0 atom stereocenters. The van der Waals surface area contributed by atoms with Crippen molar-refractivity contribution >= 4 is 29.1 Å². The predicted octanol–water partition coefficient (Wildman–Crippen LogP) is 7.31. The first-order valence-electron chi connectivity index (χ1n) is 12.7. The lowest BCUT2D eigenvalue weighted by molar-refractivity contribution is 0.0743. The maximum absolute atomic E-state index is 13.3. The summed E-state index contributed by atoms with van der Waals surface area (Å²) in [6, 6.07) is 13.6. The van der Waals surface area contributed by atoms with Gasteiger partial charge in [-0.05, 0) is 68.3 Å². The highest BCUT2D eigenvalue weighted by molar-refractivity contribution is 6.35. The number of aromatic nitrogens is 2. The van der Waals surface area contributed by atoms with Crippen LogP contribution in [-0.2, 0) is 6.42 Å². The number of amides is 1. The summed E-state index contributed by atoms with van der Waals surface area (Å²) in [6.45, 7) is 4.15. The normalized spacial score (nSPS) is 13.8. The van der Waals surface area contributed by atoms with Crippen LogP contribution in [0.25, 0.3) is 27.4 Å². The van der Waals surface area contributed by atoms with Gasteiger partial charge in [-0.25, -0.2) is 9.69 Å². The van der Waals surface area contributed by atoms with Crippen LogP contribution in [0.4, 0.5) is 0 Å². The molecule has 2 aromatic carbocycles. The van der Waals surface area contributed by atoms with E-state index in [2.05, 4.69) is 39.7 Å². The Kier molecular flexibility index (Phi) is 9.47. The molecule has 0 unspecified atom stereocenters. The summed E-state index contributed by atoms with van der Waals surface area (Å²) >= 11 is 12.7. The number of hydrogen-bond acceptors (Lipinski definition) is 4. The number of benzene rings is 2. The second-order valence-electron chi connectivity index (χ2n) is 9.28. The number of nitrogens with one attached hydrogen (secondary N) is 1. The molecular formula is C27H31Cl2N7O. The molecule has 1 N–H and O–H groups in total. The molecule has 37 heavy (non-hydrogen) atoms. The molecule has 1 amide bonds. The number of piperidine rings is 1. The lowest BCUT2D eigenvalue weighted by Gasteiger charge is -2.26. The molecule has 0 aliphatic carbocycles. The molecule has 1 aliphatic heterocycles. The Morgan fingerprint density at radius 3 is 2.54 bits per heavy atom. The molecule has 0 saturated carbocycles. The Morgan fingerprint density at radius 1 is 1.08 bits per heavy atom. The molecule has 1 aliphatic rings. The summed E-state index contributed by atoms with van der Waals surface area (Å²) in [6.07, 6.45) is 7.20. The van der Waals surface area contributed by atoms with Gasteiger partial charge >= 0.3 is 0 Å². The minimum absolute atomic E-state index is 0.221. The van der Waals surface area contributed by atoms with Gasteiger partial charge in [-0.3, -0.25) is 10.2 Å². The summed E-state index contributed by atoms with van der Waals surface area (Å²) in [5.74, 6) is -0.221. The quantitative estimate of drug-likeness (QED) is 0.126. The molecular weight excluding hydrogens is 509 g/mol. The summed E-state index contributed by atoms with van der Waals surface area (Å²) in [5, 5.41) is 11.3. The van der Waals surface area contributed by atoms with Crippen LogP contribution in [0, 0.1) is 6.92 Å². The third-order valence-corrected chi connectivity index (χ3v) is 7.14. The Labute approximate surface area is 227 Å². The minimum Gasteiger partial charge on any atom is -0.283 e. The number of hydrogen-bond donors (Lipinski definition) is 1. The smallest absolute Gasteiger partial charge is 0.283 e. The van der Waals surface area contributed by atoms with Crippen molar-refractivity contribution in [1.29, 1.82) is 0 Å². The van der Waals surface area contributed by atoms with Crippen LogP contribution in [0.2, 0.25) is 10.0 Å². The third kappa shape index (κ3) is 6.84. The van der Waals surface area contributed by atoms with Crippen LogP contribution in [0.5, 0.6) is 0 Å². The maximum Gasteiger partial charge on any atom is 0.286 e. The second kappa shape index (κ2) is 13.0. The fourth-order valence-electron chi connectivity index (χ4n) is 4.64. The topological polar surface area (TPSA) is 98.9 Å². The van der Waals surface area contributed by atoms with Gasteiger partial charge in [0.1, 0.15) is 0 Å². The SMILES string of the molecule is Cc1c(C(=O)NN2CCCCC2)nn(-c2ccc(Cl)cc2Cl)c1-c1ccc(CCCCCN=[N+]=[N-])cc1. The third-order valence-electron chi connectivity index (χ3n) is 6.61. The van der Waals surface area contributed by atoms with Crippen LogP contribution in [0.15, 0.2) is 47.6 Å². The number of hydrazine groups is 1. The number of rotatable bonds is 10. The Hall–Kier alpha value is -3.03. The summed E-state index contributed by atoms with van der Waals surface area (Å²) < 4.78 is 1.74. The van der Waals surface area contributed by atoms with Crippen molar-refractivity contribution in [2.24, 2.45) is 5.11 Å². The highest BCUT2D eigenvalue weighted by atomic mass is 35.5. The van der Waals surface area contributed by atoms with Gasteiger partial charge in [0, 0.05) is 40.7 Å². The monoisotopic (exact) mass is 539 g/mol. The van der Waals surface area contributed by atoms with E-state index in [0.717, 1.165) is 68.4 Å². The number of unbranched alkanes of at least 4 members (excludes halogenated alkanes) is 2. The van der Waals surface area contributed by atoms with Gasteiger partial charge in [-0.2, -0.15) is 5.10 Å². The number of aryl methyl sites for hydroxylation is 1. The van der Waals surface area contributed by atoms with Crippen molar-refractivity contribution in [3.05, 3.63) is 79.8 Å². The van der Waals surface area contributed by atoms with E-state index in [1.807, 2.05) is 18.0 Å². The number of nitrogens with zero attached hydrogens (tertiary/aromatic N) is 6. The van der Waals surface area contributed by atoms with E-state index in [4.69, 9.17) is 33.8 Å². The van der Waals surface area contributed by atoms with Crippen molar-refractivity contribution in [2.75, 3.05) is 19.6 Å². The zero-order valence-corrected chi connectivity index (χ0v) is 22.5. The van der Waals surface area contributed by atoms with Crippen LogP contribution < -0.4 is 5.43 Å². The van der Waals surface area contributed by atoms with E-state index >= 15 is 0 Å². The number of carbonyl (C=O) groups is 1. The lowest BCUT2D eigenvalue weighted by atomic mass is 10.0. The van der Waals surface area contributed by atoms with Gasteiger partial charge in [0.25, 0.3) is 5.91 Å². The van der Waals surface area contributed by atoms with Gasteiger partial charge < -0.3 is 0 Å².